The number of methoxy groups -OCH3 is 1. The Bertz CT molecular complexity index is 1440. The van der Waals surface area contributed by atoms with Gasteiger partial charge in [-0.1, -0.05) is 23.9 Å². The normalized spacial score (nSPS) is 18.9. The maximum absolute atomic E-state index is 12.4. The summed E-state index contributed by atoms with van der Waals surface area (Å²) in [4.78, 5) is 38.6. The number of hydrogen-bond acceptors (Lipinski definition) is 9. The second-order valence-electron chi connectivity index (χ2n) is 12.7. The van der Waals surface area contributed by atoms with E-state index in [4.69, 9.17) is 24.5 Å². The molecule has 1 N–H and O–H groups in total. The van der Waals surface area contributed by atoms with Crippen LogP contribution < -0.4 is 15.0 Å². The molecule has 232 valence electrons. The largest absolute Gasteiger partial charge is 0.497 e. The van der Waals surface area contributed by atoms with Crippen molar-refractivity contribution in [3.8, 4) is 5.75 Å². The smallest absolute Gasteiger partial charge is 0.408 e. The predicted octanol–water partition coefficient (Wildman–Crippen LogP) is 4.87. The van der Waals surface area contributed by atoms with Crippen LogP contribution in [-0.2, 0) is 16.1 Å². The highest BCUT2D eigenvalue weighted by Gasteiger charge is 2.34. The van der Waals surface area contributed by atoms with Gasteiger partial charge in [0.15, 0.2) is 5.65 Å². The number of ether oxygens (including phenoxy) is 2. The molecule has 5 rings (SSSR count). The number of likely N-dealkylation sites (tertiary alicyclic amines) is 1. The van der Waals surface area contributed by atoms with Crippen molar-refractivity contribution in [2.24, 2.45) is 0 Å². The van der Waals surface area contributed by atoms with Crippen molar-refractivity contribution >= 4 is 40.7 Å². The molecule has 1 aromatic carbocycles. The summed E-state index contributed by atoms with van der Waals surface area (Å²) in [6.07, 6.45) is 4.96. The van der Waals surface area contributed by atoms with Gasteiger partial charge in [0.05, 0.1) is 19.9 Å². The first-order chi connectivity index (χ1) is 20.4. The Morgan fingerprint density at radius 1 is 1.14 bits per heavy atom. The van der Waals surface area contributed by atoms with E-state index in [-0.39, 0.29) is 22.8 Å². The molecule has 43 heavy (non-hydrogen) atoms. The van der Waals surface area contributed by atoms with Crippen LogP contribution in [0.5, 0.6) is 5.75 Å². The maximum Gasteiger partial charge on any atom is 0.408 e. The molecule has 0 aliphatic carbocycles. The van der Waals surface area contributed by atoms with Gasteiger partial charge in [0.25, 0.3) is 0 Å². The minimum absolute atomic E-state index is 0.114. The van der Waals surface area contributed by atoms with Crippen LogP contribution in [0.1, 0.15) is 65.9 Å². The van der Waals surface area contributed by atoms with Crippen LogP contribution in [0.15, 0.2) is 35.5 Å². The first kappa shape index (κ1) is 30.9. The number of benzene rings is 1. The number of nitrogens with one attached hydrogen (secondary N) is 1. The van der Waals surface area contributed by atoms with E-state index < -0.39 is 5.60 Å². The summed E-state index contributed by atoms with van der Waals surface area (Å²) in [5.74, 6) is 1.71. The standard InChI is InChI=1S/C31H43N7O4S/c1-21(39)37-15-7-8-24(20-37)43-28-26-27(38(35-28)19-22-9-11-23(41-6)12-10-22)33-25(18-32-26)36-16-13-31(5,14-17-36)34-29(40)42-30(2,3)4/h9-12,18,24H,7-8,13-17,19-20H2,1-6H3,(H,34,40). The van der Waals surface area contributed by atoms with E-state index in [0.29, 0.717) is 13.1 Å². The van der Waals surface area contributed by atoms with Crippen LogP contribution in [0.3, 0.4) is 0 Å². The first-order valence-electron chi connectivity index (χ1n) is 15.0. The number of amides is 2. The summed E-state index contributed by atoms with van der Waals surface area (Å²) in [6.45, 7) is 12.8. The van der Waals surface area contributed by atoms with Gasteiger partial charge in [-0.3, -0.25) is 4.79 Å². The summed E-state index contributed by atoms with van der Waals surface area (Å²) in [6, 6.07) is 7.96. The van der Waals surface area contributed by atoms with Gasteiger partial charge in [-0.15, -0.1) is 0 Å². The van der Waals surface area contributed by atoms with E-state index in [1.54, 1.807) is 25.8 Å². The second kappa shape index (κ2) is 12.6. The van der Waals surface area contributed by atoms with Gasteiger partial charge < -0.3 is 24.6 Å². The number of anilines is 1. The molecular weight excluding hydrogens is 566 g/mol. The molecule has 2 aromatic heterocycles. The molecule has 0 saturated carbocycles. The van der Waals surface area contributed by atoms with Crippen molar-refractivity contribution < 1.29 is 19.1 Å². The molecule has 2 aliphatic heterocycles. The third-order valence-corrected chi connectivity index (χ3v) is 9.20. The lowest BCUT2D eigenvalue weighted by molar-refractivity contribution is -0.129. The van der Waals surface area contributed by atoms with Crippen molar-refractivity contribution in [2.45, 2.75) is 88.3 Å². The molecule has 11 nitrogen and oxygen atoms in total. The Kier molecular flexibility index (Phi) is 9.05. The number of thioether (sulfide) groups is 1. The zero-order chi connectivity index (χ0) is 30.8. The molecule has 4 heterocycles. The monoisotopic (exact) mass is 609 g/mol. The average molecular weight is 610 g/mol. The van der Waals surface area contributed by atoms with Crippen LogP contribution >= 0.6 is 11.8 Å². The summed E-state index contributed by atoms with van der Waals surface area (Å²) >= 11 is 1.69. The van der Waals surface area contributed by atoms with Crippen LogP contribution in [-0.4, -0.2) is 86.3 Å². The average Bonchev–Trinajstić information content (AvgIpc) is 3.28. The molecule has 1 unspecified atom stereocenters. The number of alkyl carbamates (subject to hydrolysis) is 1. The lowest BCUT2D eigenvalue weighted by atomic mass is 9.90. The zero-order valence-electron chi connectivity index (χ0n) is 26.1. The number of aromatic nitrogens is 4. The number of rotatable bonds is 7. The fraction of sp³-hybridized carbons (Fsp3) is 0.581. The molecule has 3 aromatic rings. The molecule has 2 amide bonds. The summed E-state index contributed by atoms with van der Waals surface area (Å²) in [5.41, 5.74) is 1.69. The Labute approximate surface area is 257 Å². The first-order valence-corrected chi connectivity index (χ1v) is 15.8. The van der Waals surface area contributed by atoms with Crippen LogP contribution in [0, 0.1) is 0 Å². The fourth-order valence-corrected chi connectivity index (χ4v) is 6.79. The van der Waals surface area contributed by atoms with Crippen molar-refractivity contribution in [1.82, 2.24) is 30.0 Å². The molecule has 2 saturated heterocycles. The van der Waals surface area contributed by atoms with Crippen LogP contribution in [0.2, 0.25) is 0 Å². The number of fused-ring (bicyclic) bond motifs is 1. The highest BCUT2D eigenvalue weighted by atomic mass is 32.2. The van der Waals surface area contributed by atoms with Gasteiger partial charge in [-0.05, 0) is 71.1 Å². The van der Waals surface area contributed by atoms with Crippen LogP contribution in [0.4, 0.5) is 10.6 Å². The maximum atomic E-state index is 12.4. The minimum atomic E-state index is -0.540. The van der Waals surface area contributed by atoms with Gasteiger partial charge in [-0.2, -0.15) is 5.10 Å². The van der Waals surface area contributed by atoms with Gasteiger partial charge in [-0.25, -0.2) is 19.4 Å². The molecule has 2 fully saturated rings. The summed E-state index contributed by atoms with van der Waals surface area (Å²) in [5, 5.41) is 9.17. The SMILES string of the molecule is COc1ccc(Cn2nc(SC3CCCN(C(C)=O)C3)c3ncc(N4CCC(C)(NC(=O)OC(C)(C)C)CC4)nc32)cc1. The fourth-order valence-electron chi connectivity index (χ4n) is 5.53. The predicted molar refractivity (Wildman–Crippen MR) is 168 cm³/mol. The topological polar surface area (TPSA) is 115 Å². The molecule has 0 radical (unpaired) electrons. The highest BCUT2D eigenvalue weighted by molar-refractivity contribution is 8.00. The minimum Gasteiger partial charge on any atom is -0.497 e. The lowest BCUT2D eigenvalue weighted by Crippen LogP contribution is -2.54. The molecule has 1 atom stereocenters. The third-order valence-electron chi connectivity index (χ3n) is 7.99. The van der Waals surface area contributed by atoms with E-state index >= 15 is 0 Å². The van der Waals surface area contributed by atoms with E-state index in [1.807, 2.05) is 60.8 Å². The quantitative estimate of drug-likeness (QED) is 0.401. The van der Waals surface area contributed by atoms with Gasteiger partial charge in [0, 0.05) is 43.9 Å². The van der Waals surface area contributed by atoms with Gasteiger partial charge in [0.1, 0.15) is 27.7 Å². The van der Waals surface area contributed by atoms with Crippen molar-refractivity contribution in [3.05, 3.63) is 36.0 Å². The lowest BCUT2D eigenvalue weighted by Gasteiger charge is -2.40. The number of carbonyl (C=O) groups excluding carboxylic acids is 2. The van der Waals surface area contributed by atoms with Crippen LogP contribution in [0.25, 0.3) is 11.2 Å². The Morgan fingerprint density at radius 3 is 2.51 bits per heavy atom. The summed E-state index contributed by atoms with van der Waals surface area (Å²) < 4.78 is 12.8. The van der Waals surface area contributed by atoms with Gasteiger partial charge in [0.2, 0.25) is 5.91 Å². The van der Waals surface area contributed by atoms with E-state index in [2.05, 4.69) is 17.1 Å². The molecule has 12 heteroatoms. The molecular formula is C31H43N7O4S. The highest BCUT2D eigenvalue weighted by Crippen LogP contribution is 2.34. The van der Waals surface area contributed by atoms with Gasteiger partial charge >= 0.3 is 6.09 Å². The van der Waals surface area contributed by atoms with Crippen molar-refractivity contribution in [1.29, 1.82) is 0 Å². The Morgan fingerprint density at radius 2 is 1.86 bits per heavy atom. The van der Waals surface area contributed by atoms with Crippen molar-refractivity contribution in [2.75, 3.05) is 38.2 Å². The molecule has 0 spiro atoms. The number of carbonyl (C=O) groups is 2. The van der Waals surface area contributed by atoms with E-state index in [9.17, 15) is 9.59 Å². The van der Waals surface area contributed by atoms with Crippen molar-refractivity contribution in [3.63, 3.8) is 0 Å². The van der Waals surface area contributed by atoms with E-state index in [1.165, 1.54) is 0 Å². The summed E-state index contributed by atoms with van der Waals surface area (Å²) in [7, 11) is 1.66. The second-order valence-corrected chi connectivity index (χ2v) is 14.0. The Balaban J connectivity index is 1.37. The third kappa shape index (κ3) is 7.70. The number of piperidine rings is 2. The molecule has 2 aliphatic rings. The number of hydrogen-bond donors (Lipinski definition) is 1. The Hall–Kier alpha value is -3.54. The molecule has 0 bridgehead atoms. The van der Waals surface area contributed by atoms with E-state index in [0.717, 1.165) is 78.6 Å². The number of nitrogens with zero attached hydrogens (tertiary/aromatic N) is 6. The zero-order valence-corrected chi connectivity index (χ0v) is 26.9.